The summed E-state index contributed by atoms with van der Waals surface area (Å²) in [6, 6.07) is -0.457. The van der Waals surface area contributed by atoms with Gasteiger partial charge in [-0.3, -0.25) is 4.79 Å². The zero-order valence-electron chi connectivity index (χ0n) is 10.8. The maximum absolute atomic E-state index is 11.1. The second-order valence-electron chi connectivity index (χ2n) is 4.67. The van der Waals surface area contributed by atoms with Crippen LogP contribution in [0.1, 0.15) is 19.8 Å². The van der Waals surface area contributed by atoms with Crippen molar-refractivity contribution in [2.45, 2.75) is 25.8 Å². The van der Waals surface area contributed by atoms with Gasteiger partial charge in [0.05, 0.1) is 6.61 Å². The van der Waals surface area contributed by atoms with E-state index in [2.05, 4.69) is 10.2 Å². The van der Waals surface area contributed by atoms with Crippen molar-refractivity contribution < 1.29 is 14.6 Å². The monoisotopic (exact) mass is 244 g/mol. The fourth-order valence-electron chi connectivity index (χ4n) is 2.42. The van der Waals surface area contributed by atoms with Gasteiger partial charge in [0, 0.05) is 20.2 Å². The van der Waals surface area contributed by atoms with E-state index in [-0.39, 0.29) is 0 Å². The van der Waals surface area contributed by atoms with Crippen molar-refractivity contribution in [1.82, 2.24) is 10.2 Å². The predicted molar refractivity (Wildman–Crippen MR) is 66.1 cm³/mol. The van der Waals surface area contributed by atoms with Crippen LogP contribution >= 0.6 is 0 Å². The fourth-order valence-corrected chi connectivity index (χ4v) is 2.42. The molecule has 0 saturated carbocycles. The van der Waals surface area contributed by atoms with Gasteiger partial charge in [-0.2, -0.15) is 0 Å². The first-order valence-corrected chi connectivity index (χ1v) is 6.34. The molecule has 2 N–H and O–H groups in total. The minimum Gasteiger partial charge on any atom is -0.480 e. The first-order chi connectivity index (χ1) is 8.17. The van der Waals surface area contributed by atoms with Crippen molar-refractivity contribution in [3.63, 3.8) is 0 Å². The summed E-state index contributed by atoms with van der Waals surface area (Å²) in [5, 5.41) is 12.1. The summed E-state index contributed by atoms with van der Waals surface area (Å²) >= 11 is 0. The zero-order valence-corrected chi connectivity index (χ0v) is 10.8. The quantitative estimate of drug-likeness (QED) is 0.679. The lowest BCUT2D eigenvalue weighted by molar-refractivity contribution is -0.140. The van der Waals surface area contributed by atoms with Crippen molar-refractivity contribution in [2.24, 2.45) is 5.92 Å². The van der Waals surface area contributed by atoms with Crippen LogP contribution in [0.15, 0.2) is 0 Å². The van der Waals surface area contributed by atoms with Crippen LogP contribution in [0.3, 0.4) is 0 Å². The van der Waals surface area contributed by atoms with Crippen molar-refractivity contribution in [3.8, 4) is 0 Å². The molecule has 1 heterocycles. The van der Waals surface area contributed by atoms with Gasteiger partial charge in [-0.1, -0.05) is 6.92 Å². The number of aliphatic carboxylic acids is 1. The number of hydrogen-bond donors (Lipinski definition) is 2. The number of hydrogen-bond acceptors (Lipinski definition) is 4. The molecule has 0 amide bonds. The third-order valence-corrected chi connectivity index (χ3v) is 3.19. The van der Waals surface area contributed by atoms with Gasteiger partial charge in [-0.15, -0.1) is 0 Å². The molecule has 5 nitrogen and oxygen atoms in total. The lowest BCUT2D eigenvalue weighted by Crippen LogP contribution is -2.49. The second-order valence-corrected chi connectivity index (χ2v) is 4.67. The number of nitrogens with zero attached hydrogens (tertiary/aromatic N) is 1. The molecular formula is C12H24N2O3. The van der Waals surface area contributed by atoms with E-state index in [1.165, 1.54) is 6.42 Å². The van der Waals surface area contributed by atoms with E-state index in [1.807, 2.05) is 6.92 Å². The summed E-state index contributed by atoms with van der Waals surface area (Å²) in [5.41, 5.74) is 0. The standard InChI is InChI=1S/C12H24N2O3/c1-3-13-11(12(15)16)8-14-6-4-5-10(7-14)9-17-2/h10-11,13H,3-9H2,1-2H3,(H,15,16). The number of carboxylic acid groups (broad SMARTS) is 1. The van der Waals surface area contributed by atoms with Crippen LogP contribution in [-0.2, 0) is 9.53 Å². The highest BCUT2D eigenvalue weighted by Gasteiger charge is 2.24. The lowest BCUT2D eigenvalue weighted by atomic mass is 9.98. The van der Waals surface area contributed by atoms with E-state index in [9.17, 15) is 4.79 Å². The molecule has 2 atom stereocenters. The lowest BCUT2D eigenvalue weighted by Gasteiger charge is -2.33. The Morgan fingerprint density at radius 3 is 3.00 bits per heavy atom. The van der Waals surface area contributed by atoms with E-state index in [0.717, 1.165) is 26.1 Å². The summed E-state index contributed by atoms with van der Waals surface area (Å²) in [6.07, 6.45) is 2.32. The molecule has 0 spiro atoms. The number of carbonyl (C=O) groups is 1. The summed E-state index contributed by atoms with van der Waals surface area (Å²) in [7, 11) is 1.72. The van der Waals surface area contributed by atoms with Gasteiger partial charge in [0.15, 0.2) is 0 Å². The van der Waals surface area contributed by atoms with E-state index in [4.69, 9.17) is 9.84 Å². The number of methoxy groups -OCH3 is 1. The Hall–Kier alpha value is -0.650. The van der Waals surface area contributed by atoms with Crippen molar-refractivity contribution in [2.75, 3.05) is 39.9 Å². The molecule has 1 saturated heterocycles. The third-order valence-electron chi connectivity index (χ3n) is 3.19. The Morgan fingerprint density at radius 2 is 2.41 bits per heavy atom. The molecule has 2 unspecified atom stereocenters. The minimum atomic E-state index is -0.763. The van der Waals surface area contributed by atoms with E-state index in [1.54, 1.807) is 7.11 Å². The molecule has 1 rings (SSSR count). The van der Waals surface area contributed by atoms with Crippen LogP contribution in [0.2, 0.25) is 0 Å². The van der Waals surface area contributed by atoms with Crippen molar-refractivity contribution in [1.29, 1.82) is 0 Å². The SMILES string of the molecule is CCNC(CN1CCCC(COC)C1)C(=O)O. The Morgan fingerprint density at radius 1 is 1.65 bits per heavy atom. The summed E-state index contributed by atoms with van der Waals surface area (Å²) in [6.45, 7) is 5.92. The van der Waals surface area contributed by atoms with Crippen LogP contribution in [0.5, 0.6) is 0 Å². The summed E-state index contributed by atoms with van der Waals surface area (Å²) < 4.78 is 5.17. The molecular weight excluding hydrogens is 220 g/mol. The molecule has 17 heavy (non-hydrogen) atoms. The number of likely N-dealkylation sites (N-methyl/N-ethyl adjacent to an activating group) is 1. The maximum atomic E-state index is 11.1. The number of rotatable bonds is 7. The first kappa shape index (κ1) is 14.4. The molecule has 0 radical (unpaired) electrons. The maximum Gasteiger partial charge on any atom is 0.322 e. The van der Waals surface area contributed by atoms with E-state index in [0.29, 0.717) is 19.0 Å². The topological polar surface area (TPSA) is 61.8 Å². The Balaban J connectivity index is 2.40. The number of likely N-dealkylation sites (tertiary alicyclic amines) is 1. The predicted octanol–water partition coefficient (Wildman–Crippen LogP) is 0.408. The van der Waals surface area contributed by atoms with Crippen molar-refractivity contribution in [3.05, 3.63) is 0 Å². The zero-order chi connectivity index (χ0) is 12.7. The molecule has 5 heteroatoms. The first-order valence-electron chi connectivity index (χ1n) is 6.34. The van der Waals surface area contributed by atoms with Crippen LogP contribution in [0.25, 0.3) is 0 Å². The largest absolute Gasteiger partial charge is 0.480 e. The molecule has 1 aliphatic rings. The van der Waals surface area contributed by atoms with Crippen LogP contribution in [0.4, 0.5) is 0 Å². The fraction of sp³-hybridized carbons (Fsp3) is 0.917. The second kappa shape index (κ2) is 7.63. The molecule has 0 aliphatic carbocycles. The molecule has 1 aliphatic heterocycles. The van der Waals surface area contributed by atoms with Gasteiger partial charge < -0.3 is 20.1 Å². The van der Waals surface area contributed by atoms with Crippen LogP contribution < -0.4 is 5.32 Å². The Labute approximate surface area is 103 Å². The average molecular weight is 244 g/mol. The molecule has 0 aromatic rings. The molecule has 0 bridgehead atoms. The summed E-state index contributed by atoms with van der Waals surface area (Å²) in [5.74, 6) is -0.217. The van der Waals surface area contributed by atoms with E-state index >= 15 is 0 Å². The highest BCUT2D eigenvalue weighted by Crippen LogP contribution is 2.16. The van der Waals surface area contributed by atoms with E-state index < -0.39 is 12.0 Å². The average Bonchev–Trinajstić information content (AvgIpc) is 2.29. The molecule has 100 valence electrons. The number of nitrogens with one attached hydrogen (secondary N) is 1. The van der Waals surface area contributed by atoms with Gasteiger partial charge >= 0.3 is 5.97 Å². The third kappa shape index (κ3) is 5.02. The number of ether oxygens (including phenoxy) is 1. The van der Waals surface area contributed by atoms with Crippen LogP contribution in [0, 0.1) is 5.92 Å². The van der Waals surface area contributed by atoms with Crippen LogP contribution in [-0.4, -0.2) is 61.9 Å². The van der Waals surface area contributed by atoms with Gasteiger partial charge in [0.1, 0.15) is 6.04 Å². The normalized spacial score (nSPS) is 23.5. The van der Waals surface area contributed by atoms with Crippen molar-refractivity contribution >= 4 is 5.97 Å². The Bertz CT molecular complexity index is 234. The highest BCUT2D eigenvalue weighted by molar-refractivity contribution is 5.73. The highest BCUT2D eigenvalue weighted by atomic mass is 16.5. The van der Waals surface area contributed by atoms with Gasteiger partial charge in [-0.05, 0) is 31.8 Å². The van der Waals surface area contributed by atoms with Gasteiger partial charge in [-0.25, -0.2) is 0 Å². The molecule has 0 aromatic carbocycles. The Kier molecular flexibility index (Phi) is 6.47. The molecule has 1 fully saturated rings. The molecule has 0 aromatic heterocycles. The minimum absolute atomic E-state index is 0.457. The smallest absolute Gasteiger partial charge is 0.322 e. The van der Waals surface area contributed by atoms with Gasteiger partial charge in [0.25, 0.3) is 0 Å². The number of piperidine rings is 1. The van der Waals surface area contributed by atoms with Gasteiger partial charge in [0.2, 0.25) is 0 Å². The summed E-state index contributed by atoms with van der Waals surface area (Å²) in [4.78, 5) is 13.3. The number of carboxylic acids is 1.